The number of anilines is 1. The number of amides is 1. The minimum Gasteiger partial charge on any atom is -0.396 e. The lowest BCUT2D eigenvalue weighted by molar-refractivity contribution is 0.0946. The van der Waals surface area contributed by atoms with Gasteiger partial charge in [-0.05, 0) is 12.1 Å². The van der Waals surface area contributed by atoms with Crippen molar-refractivity contribution in [1.82, 2.24) is 10.3 Å². The van der Waals surface area contributed by atoms with E-state index in [1.165, 1.54) is 11.3 Å². The molecule has 2 rings (SSSR count). The van der Waals surface area contributed by atoms with Crippen molar-refractivity contribution in [3.05, 3.63) is 45.9 Å². The number of thiazole rings is 1. The first-order valence-electron chi connectivity index (χ1n) is 5.49. The molecule has 0 saturated heterocycles. The zero-order valence-electron chi connectivity index (χ0n) is 9.82. The van der Waals surface area contributed by atoms with Crippen molar-refractivity contribution in [2.24, 2.45) is 0 Å². The normalized spacial score (nSPS) is 10.4. The van der Waals surface area contributed by atoms with Crippen LogP contribution in [-0.4, -0.2) is 17.4 Å². The molecular weight excluding hydrogens is 272 g/mol. The lowest BCUT2D eigenvalue weighted by Gasteiger charge is -2.07. The summed E-state index contributed by atoms with van der Waals surface area (Å²) in [6.07, 6.45) is 2.16. The first-order valence-corrected chi connectivity index (χ1v) is 6.37. The third kappa shape index (κ3) is 3.05. The summed E-state index contributed by atoms with van der Waals surface area (Å²) in [4.78, 5) is 15.7. The molecule has 1 aromatic carbocycles. The van der Waals surface area contributed by atoms with Crippen LogP contribution in [0.2, 0.25) is 0 Å². The molecule has 7 heteroatoms. The van der Waals surface area contributed by atoms with Crippen LogP contribution in [0.25, 0.3) is 0 Å². The Balaban J connectivity index is 2.02. The highest BCUT2D eigenvalue weighted by atomic mass is 32.1. The molecule has 0 atom stereocenters. The van der Waals surface area contributed by atoms with Crippen LogP contribution in [-0.2, 0) is 6.42 Å². The third-order valence-corrected chi connectivity index (χ3v) is 3.30. The second-order valence-corrected chi connectivity index (χ2v) is 4.74. The minimum atomic E-state index is -1.04. The number of nitrogen functional groups attached to an aromatic ring is 1. The second kappa shape index (κ2) is 5.75. The molecule has 1 aromatic heterocycles. The lowest BCUT2D eigenvalue weighted by atomic mass is 10.1. The van der Waals surface area contributed by atoms with Crippen molar-refractivity contribution in [3.63, 3.8) is 0 Å². The van der Waals surface area contributed by atoms with Gasteiger partial charge in [0.1, 0.15) is 11.4 Å². The SMILES string of the molecule is Nc1ccc(F)c(C(=O)NCCc2nccs2)c1F. The van der Waals surface area contributed by atoms with Gasteiger partial charge in [-0.25, -0.2) is 13.8 Å². The van der Waals surface area contributed by atoms with Crippen LogP contribution in [0, 0.1) is 11.6 Å². The van der Waals surface area contributed by atoms with Crippen LogP contribution in [0.3, 0.4) is 0 Å². The van der Waals surface area contributed by atoms with Crippen LogP contribution >= 0.6 is 11.3 Å². The molecule has 0 radical (unpaired) electrons. The average Bonchev–Trinajstić information content (AvgIpc) is 2.87. The van der Waals surface area contributed by atoms with Crippen molar-refractivity contribution in [2.75, 3.05) is 12.3 Å². The van der Waals surface area contributed by atoms with Crippen LogP contribution < -0.4 is 11.1 Å². The maximum absolute atomic E-state index is 13.6. The van der Waals surface area contributed by atoms with Crippen LogP contribution in [0.1, 0.15) is 15.4 Å². The summed E-state index contributed by atoms with van der Waals surface area (Å²) >= 11 is 1.45. The van der Waals surface area contributed by atoms with Gasteiger partial charge in [-0.2, -0.15) is 0 Å². The Labute approximate surface area is 112 Å². The Morgan fingerprint density at radius 1 is 1.42 bits per heavy atom. The van der Waals surface area contributed by atoms with E-state index in [1.54, 1.807) is 6.20 Å². The van der Waals surface area contributed by atoms with Crippen molar-refractivity contribution < 1.29 is 13.6 Å². The topological polar surface area (TPSA) is 68.0 Å². The Morgan fingerprint density at radius 2 is 2.21 bits per heavy atom. The number of rotatable bonds is 4. The molecule has 0 aliphatic heterocycles. The molecule has 0 spiro atoms. The van der Waals surface area contributed by atoms with Gasteiger partial charge in [-0.15, -0.1) is 11.3 Å². The molecule has 1 heterocycles. The first kappa shape index (κ1) is 13.4. The van der Waals surface area contributed by atoms with E-state index in [-0.39, 0.29) is 12.2 Å². The summed E-state index contributed by atoms with van der Waals surface area (Å²) < 4.78 is 27.0. The zero-order valence-corrected chi connectivity index (χ0v) is 10.6. The van der Waals surface area contributed by atoms with Gasteiger partial charge in [0.25, 0.3) is 5.91 Å². The maximum atomic E-state index is 13.6. The van der Waals surface area contributed by atoms with E-state index in [1.807, 2.05) is 5.38 Å². The molecule has 0 bridgehead atoms. The fourth-order valence-corrected chi connectivity index (χ4v) is 2.14. The minimum absolute atomic E-state index is 0.250. The van der Waals surface area contributed by atoms with Gasteiger partial charge in [0.05, 0.1) is 10.7 Å². The van der Waals surface area contributed by atoms with Crippen LogP contribution in [0.15, 0.2) is 23.7 Å². The molecule has 4 nitrogen and oxygen atoms in total. The van der Waals surface area contributed by atoms with E-state index < -0.39 is 23.1 Å². The molecule has 1 amide bonds. The fraction of sp³-hybridized carbons (Fsp3) is 0.167. The summed E-state index contributed by atoms with van der Waals surface area (Å²) in [7, 11) is 0. The summed E-state index contributed by atoms with van der Waals surface area (Å²) in [6.45, 7) is 0.250. The highest BCUT2D eigenvalue weighted by Gasteiger charge is 2.19. The van der Waals surface area contributed by atoms with Crippen molar-refractivity contribution >= 4 is 22.9 Å². The van der Waals surface area contributed by atoms with E-state index in [0.29, 0.717) is 6.42 Å². The van der Waals surface area contributed by atoms with Gasteiger partial charge in [0.2, 0.25) is 0 Å². The highest BCUT2D eigenvalue weighted by Crippen LogP contribution is 2.18. The maximum Gasteiger partial charge on any atom is 0.257 e. The Hall–Kier alpha value is -2.02. The number of carbonyl (C=O) groups is 1. The van der Waals surface area contributed by atoms with Crippen molar-refractivity contribution in [2.45, 2.75) is 6.42 Å². The summed E-state index contributed by atoms with van der Waals surface area (Å²) in [5.74, 6) is -2.79. The Morgan fingerprint density at radius 3 is 2.89 bits per heavy atom. The molecule has 0 saturated carbocycles. The summed E-state index contributed by atoms with van der Waals surface area (Å²) in [5.41, 5.74) is 4.39. The number of halogens is 2. The zero-order chi connectivity index (χ0) is 13.8. The average molecular weight is 283 g/mol. The number of nitrogens with two attached hydrogens (primary N) is 1. The van der Waals surface area contributed by atoms with Gasteiger partial charge in [0.15, 0.2) is 5.82 Å². The van der Waals surface area contributed by atoms with E-state index in [9.17, 15) is 13.6 Å². The van der Waals surface area contributed by atoms with Gasteiger partial charge in [0, 0.05) is 24.5 Å². The number of hydrogen-bond donors (Lipinski definition) is 2. The van der Waals surface area contributed by atoms with E-state index in [2.05, 4.69) is 10.3 Å². The van der Waals surface area contributed by atoms with Gasteiger partial charge >= 0.3 is 0 Å². The molecular formula is C12H11F2N3OS. The summed E-state index contributed by atoms with van der Waals surface area (Å²) in [5, 5.41) is 5.09. The van der Waals surface area contributed by atoms with Gasteiger partial charge < -0.3 is 11.1 Å². The van der Waals surface area contributed by atoms with Gasteiger partial charge in [-0.3, -0.25) is 4.79 Å². The van der Waals surface area contributed by atoms with Crippen molar-refractivity contribution in [1.29, 1.82) is 0 Å². The predicted octanol–water partition coefficient (Wildman–Crippen LogP) is 1.98. The molecule has 0 unspecified atom stereocenters. The highest BCUT2D eigenvalue weighted by molar-refractivity contribution is 7.09. The summed E-state index contributed by atoms with van der Waals surface area (Å²) in [6, 6.07) is 2.05. The standard InChI is InChI=1S/C12H11F2N3OS/c13-7-1-2-8(15)11(14)10(7)12(18)17-4-3-9-16-5-6-19-9/h1-2,5-6H,3-4,15H2,(H,17,18). The number of benzene rings is 1. The number of nitrogens with zero attached hydrogens (tertiary/aromatic N) is 1. The molecule has 0 fully saturated rings. The number of carbonyl (C=O) groups excluding carboxylic acids is 1. The van der Waals surface area contributed by atoms with Gasteiger partial charge in [-0.1, -0.05) is 0 Å². The quantitative estimate of drug-likeness (QED) is 0.843. The van der Waals surface area contributed by atoms with E-state index >= 15 is 0 Å². The lowest BCUT2D eigenvalue weighted by Crippen LogP contribution is -2.27. The Kier molecular flexibility index (Phi) is 4.06. The smallest absolute Gasteiger partial charge is 0.257 e. The molecule has 0 aliphatic rings. The fourth-order valence-electron chi connectivity index (χ4n) is 1.52. The van der Waals surface area contributed by atoms with Crippen LogP contribution in [0.4, 0.5) is 14.5 Å². The first-order chi connectivity index (χ1) is 9.09. The molecule has 19 heavy (non-hydrogen) atoms. The largest absolute Gasteiger partial charge is 0.396 e. The van der Waals surface area contributed by atoms with Crippen LogP contribution in [0.5, 0.6) is 0 Å². The molecule has 3 N–H and O–H groups in total. The van der Waals surface area contributed by atoms with E-state index in [4.69, 9.17) is 5.73 Å². The Bertz CT molecular complexity index is 587. The monoisotopic (exact) mass is 283 g/mol. The third-order valence-electron chi connectivity index (χ3n) is 2.46. The number of aromatic nitrogens is 1. The number of nitrogens with one attached hydrogen (secondary N) is 1. The predicted molar refractivity (Wildman–Crippen MR) is 68.9 cm³/mol. The molecule has 2 aromatic rings. The second-order valence-electron chi connectivity index (χ2n) is 3.76. The van der Waals surface area contributed by atoms with E-state index in [0.717, 1.165) is 17.1 Å². The van der Waals surface area contributed by atoms with Crippen molar-refractivity contribution in [3.8, 4) is 0 Å². The number of hydrogen-bond acceptors (Lipinski definition) is 4. The molecule has 0 aliphatic carbocycles. The molecule has 100 valence electrons.